The number of nitrogens with two attached hydrogens (primary N) is 1. The van der Waals surface area contributed by atoms with Gasteiger partial charge in [0.15, 0.2) is 0 Å². The second-order valence-electron chi connectivity index (χ2n) is 4.17. The van der Waals surface area contributed by atoms with Crippen LogP contribution in [0.4, 0.5) is 10.1 Å². The molecule has 0 aromatic heterocycles. The number of nitrogen functional groups attached to an aromatic ring is 1. The molecule has 0 aliphatic rings. The lowest BCUT2D eigenvalue weighted by atomic mass is 10.1. The second-order valence-corrected chi connectivity index (χ2v) is 4.17. The summed E-state index contributed by atoms with van der Waals surface area (Å²) in [7, 11) is 0. The van der Waals surface area contributed by atoms with Gasteiger partial charge in [0, 0.05) is 18.3 Å². The predicted molar refractivity (Wildman–Crippen MR) is 75.3 cm³/mol. The van der Waals surface area contributed by atoms with E-state index in [0.717, 1.165) is 0 Å². The third-order valence-corrected chi connectivity index (χ3v) is 2.63. The molecule has 0 saturated heterocycles. The van der Waals surface area contributed by atoms with Gasteiger partial charge in [-0.3, -0.25) is 4.79 Å². The van der Waals surface area contributed by atoms with Crippen LogP contribution in [0.5, 0.6) is 11.5 Å². The Hall–Kier alpha value is -2.56. The first-order valence-electron chi connectivity index (χ1n) is 6.21. The van der Waals surface area contributed by atoms with Crippen molar-refractivity contribution in [2.75, 3.05) is 12.3 Å². The Morgan fingerprint density at radius 3 is 2.60 bits per heavy atom. The number of carbonyl (C=O) groups excluding carboxylic acids is 1. The van der Waals surface area contributed by atoms with E-state index in [1.54, 1.807) is 18.2 Å². The Kier molecular flexibility index (Phi) is 4.20. The van der Waals surface area contributed by atoms with E-state index in [9.17, 15) is 9.18 Å². The maximum Gasteiger partial charge on any atom is 0.255 e. The van der Waals surface area contributed by atoms with Gasteiger partial charge in [-0.25, -0.2) is 4.39 Å². The first-order valence-corrected chi connectivity index (χ1v) is 6.21. The minimum Gasteiger partial charge on any atom is -0.456 e. The minimum atomic E-state index is -0.353. The summed E-state index contributed by atoms with van der Waals surface area (Å²) in [5.74, 6) is 0.170. The Morgan fingerprint density at radius 2 is 1.95 bits per heavy atom. The molecular weight excluding hydrogens is 259 g/mol. The van der Waals surface area contributed by atoms with Crippen molar-refractivity contribution in [3.05, 3.63) is 53.8 Å². The highest BCUT2D eigenvalue weighted by Gasteiger charge is 2.13. The molecule has 0 fully saturated rings. The zero-order chi connectivity index (χ0) is 14.5. The molecule has 4 nitrogen and oxygen atoms in total. The van der Waals surface area contributed by atoms with Gasteiger partial charge in [-0.05, 0) is 43.3 Å². The monoisotopic (exact) mass is 274 g/mol. The molecule has 20 heavy (non-hydrogen) atoms. The molecule has 1 amide bonds. The number of hydrogen-bond acceptors (Lipinski definition) is 3. The van der Waals surface area contributed by atoms with E-state index in [4.69, 9.17) is 10.5 Å². The Bertz CT molecular complexity index is 612. The van der Waals surface area contributed by atoms with Gasteiger partial charge in [0.1, 0.15) is 17.3 Å². The number of ether oxygens (including phenoxy) is 1. The Balaban J connectivity index is 2.31. The lowest BCUT2D eigenvalue weighted by Gasteiger charge is -2.11. The van der Waals surface area contributed by atoms with Crippen molar-refractivity contribution >= 4 is 11.6 Å². The van der Waals surface area contributed by atoms with Crippen LogP contribution in [0.25, 0.3) is 0 Å². The number of rotatable bonds is 4. The standard InChI is InChI=1S/C15H15FN2O2/c1-2-18-15(19)13-8-5-11(17)9-14(13)20-12-6-3-10(16)4-7-12/h3-9H,2,17H2,1H3,(H,18,19). The van der Waals surface area contributed by atoms with Crippen LogP contribution in [0.2, 0.25) is 0 Å². The van der Waals surface area contributed by atoms with Crippen molar-refractivity contribution in [2.45, 2.75) is 6.92 Å². The summed E-state index contributed by atoms with van der Waals surface area (Å²) < 4.78 is 18.5. The quantitative estimate of drug-likeness (QED) is 0.842. The molecule has 0 aliphatic carbocycles. The van der Waals surface area contributed by atoms with E-state index in [1.807, 2.05) is 6.92 Å². The van der Waals surface area contributed by atoms with Crippen LogP contribution in [0, 0.1) is 5.82 Å². The van der Waals surface area contributed by atoms with Crippen LogP contribution in [-0.2, 0) is 0 Å². The topological polar surface area (TPSA) is 64.4 Å². The summed E-state index contributed by atoms with van der Waals surface area (Å²) in [6, 6.07) is 10.3. The van der Waals surface area contributed by atoms with Crippen molar-refractivity contribution in [3.8, 4) is 11.5 Å². The van der Waals surface area contributed by atoms with Gasteiger partial charge in [0.2, 0.25) is 0 Å². The maximum absolute atomic E-state index is 12.9. The molecule has 0 unspecified atom stereocenters. The first-order chi connectivity index (χ1) is 9.60. The fourth-order valence-corrected chi connectivity index (χ4v) is 1.70. The summed E-state index contributed by atoms with van der Waals surface area (Å²) in [6.07, 6.45) is 0. The van der Waals surface area contributed by atoms with E-state index in [0.29, 0.717) is 29.3 Å². The average Bonchev–Trinajstić information content (AvgIpc) is 2.42. The van der Waals surface area contributed by atoms with Gasteiger partial charge in [0.05, 0.1) is 5.56 Å². The zero-order valence-corrected chi connectivity index (χ0v) is 11.0. The average molecular weight is 274 g/mol. The normalized spacial score (nSPS) is 10.1. The van der Waals surface area contributed by atoms with Crippen LogP contribution in [0.1, 0.15) is 17.3 Å². The molecule has 0 saturated carbocycles. The van der Waals surface area contributed by atoms with Crippen LogP contribution >= 0.6 is 0 Å². The number of amides is 1. The molecule has 3 N–H and O–H groups in total. The van der Waals surface area contributed by atoms with E-state index >= 15 is 0 Å². The summed E-state index contributed by atoms with van der Waals surface area (Å²) in [5.41, 5.74) is 6.57. The highest BCUT2D eigenvalue weighted by Crippen LogP contribution is 2.27. The van der Waals surface area contributed by atoms with E-state index < -0.39 is 0 Å². The van der Waals surface area contributed by atoms with Gasteiger partial charge < -0.3 is 15.8 Å². The van der Waals surface area contributed by atoms with Crippen molar-refractivity contribution < 1.29 is 13.9 Å². The van der Waals surface area contributed by atoms with E-state index in [2.05, 4.69) is 5.32 Å². The van der Waals surface area contributed by atoms with Gasteiger partial charge in [-0.15, -0.1) is 0 Å². The predicted octanol–water partition coefficient (Wildman–Crippen LogP) is 2.95. The summed E-state index contributed by atoms with van der Waals surface area (Å²) in [5, 5.41) is 2.70. The molecule has 0 aliphatic heterocycles. The van der Waals surface area contributed by atoms with Crippen molar-refractivity contribution in [1.29, 1.82) is 0 Å². The van der Waals surface area contributed by atoms with Crippen LogP contribution < -0.4 is 15.8 Å². The van der Waals surface area contributed by atoms with Crippen LogP contribution in [-0.4, -0.2) is 12.5 Å². The number of anilines is 1. The molecule has 0 heterocycles. The summed E-state index contributed by atoms with van der Waals surface area (Å²) in [4.78, 5) is 11.9. The molecule has 2 aromatic rings. The van der Waals surface area contributed by atoms with Crippen molar-refractivity contribution in [1.82, 2.24) is 5.32 Å². The fourth-order valence-electron chi connectivity index (χ4n) is 1.70. The third-order valence-electron chi connectivity index (χ3n) is 2.63. The molecule has 104 valence electrons. The Labute approximate surface area is 116 Å². The molecule has 2 rings (SSSR count). The highest BCUT2D eigenvalue weighted by molar-refractivity contribution is 5.97. The molecule has 0 atom stereocenters. The second kappa shape index (κ2) is 6.06. The fraction of sp³-hybridized carbons (Fsp3) is 0.133. The third kappa shape index (κ3) is 3.26. The summed E-state index contributed by atoms with van der Waals surface area (Å²) >= 11 is 0. The molecule has 5 heteroatoms. The molecule has 0 spiro atoms. The van der Waals surface area contributed by atoms with Crippen LogP contribution in [0.3, 0.4) is 0 Å². The van der Waals surface area contributed by atoms with Crippen molar-refractivity contribution in [3.63, 3.8) is 0 Å². The van der Waals surface area contributed by atoms with Crippen molar-refractivity contribution in [2.24, 2.45) is 0 Å². The zero-order valence-electron chi connectivity index (χ0n) is 11.0. The smallest absolute Gasteiger partial charge is 0.255 e. The van der Waals surface area contributed by atoms with Crippen LogP contribution in [0.15, 0.2) is 42.5 Å². The molecule has 0 bridgehead atoms. The highest BCUT2D eigenvalue weighted by atomic mass is 19.1. The van der Waals surface area contributed by atoms with Gasteiger partial charge >= 0.3 is 0 Å². The number of benzene rings is 2. The first kappa shape index (κ1) is 13.9. The summed E-state index contributed by atoms with van der Waals surface area (Å²) in [6.45, 7) is 2.34. The maximum atomic E-state index is 12.9. The largest absolute Gasteiger partial charge is 0.456 e. The number of halogens is 1. The van der Waals surface area contributed by atoms with Gasteiger partial charge in [0.25, 0.3) is 5.91 Å². The van der Waals surface area contributed by atoms with E-state index in [-0.39, 0.29) is 11.7 Å². The molecule has 2 aromatic carbocycles. The van der Waals surface area contributed by atoms with Gasteiger partial charge in [-0.1, -0.05) is 0 Å². The number of carbonyl (C=O) groups is 1. The molecule has 0 radical (unpaired) electrons. The number of hydrogen-bond donors (Lipinski definition) is 2. The molecular formula is C15H15FN2O2. The van der Waals surface area contributed by atoms with Gasteiger partial charge in [-0.2, -0.15) is 0 Å². The van der Waals surface area contributed by atoms with E-state index in [1.165, 1.54) is 24.3 Å². The SMILES string of the molecule is CCNC(=O)c1ccc(N)cc1Oc1ccc(F)cc1. The Morgan fingerprint density at radius 1 is 1.25 bits per heavy atom. The minimum absolute atomic E-state index is 0.246. The lowest BCUT2D eigenvalue weighted by Crippen LogP contribution is -2.23. The number of nitrogens with one attached hydrogen (secondary N) is 1. The lowest BCUT2D eigenvalue weighted by molar-refractivity contribution is 0.0953.